The predicted molar refractivity (Wildman–Crippen MR) is 105 cm³/mol. The van der Waals surface area contributed by atoms with Crippen molar-refractivity contribution in [2.24, 2.45) is 0 Å². The van der Waals surface area contributed by atoms with Crippen molar-refractivity contribution in [2.45, 2.75) is 0 Å². The Bertz CT molecular complexity index is 1070. The van der Waals surface area contributed by atoms with Crippen LogP contribution in [-0.2, 0) is 4.79 Å². The fourth-order valence-electron chi connectivity index (χ4n) is 2.87. The summed E-state index contributed by atoms with van der Waals surface area (Å²) < 4.78 is 0. The van der Waals surface area contributed by atoms with Crippen molar-refractivity contribution in [3.63, 3.8) is 0 Å². The first-order chi connectivity index (χ1) is 12.8. The second kappa shape index (κ2) is 7.07. The smallest absolute Gasteiger partial charge is 0.256 e. The quantitative estimate of drug-likeness (QED) is 0.528. The van der Waals surface area contributed by atoms with Gasteiger partial charge in [-0.2, -0.15) is 0 Å². The van der Waals surface area contributed by atoms with Gasteiger partial charge in [0.1, 0.15) is 5.65 Å². The van der Waals surface area contributed by atoms with Crippen LogP contribution in [-0.4, -0.2) is 15.9 Å². The lowest BCUT2D eigenvalue weighted by Gasteiger charge is -2.09. The molecular formula is C22H17N3O. The molecule has 0 saturated heterocycles. The summed E-state index contributed by atoms with van der Waals surface area (Å²) in [5.41, 5.74) is 3.95. The van der Waals surface area contributed by atoms with Crippen molar-refractivity contribution in [1.82, 2.24) is 9.97 Å². The largest absolute Gasteiger partial charge is 0.346 e. The van der Waals surface area contributed by atoms with Gasteiger partial charge in [0, 0.05) is 34.6 Å². The van der Waals surface area contributed by atoms with Gasteiger partial charge in [-0.15, -0.1) is 0 Å². The topological polar surface area (TPSA) is 57.8 Å². The Hall–Kier alpha value is -3.66. The number of hydrogen-bond donors (Lipinski definition) is 2. The number of fused-ring (bicyclic) bond motifs is 1. The number of amides is 1. The zero-order valence-corrected chi connectivity index (χ0v) is 14.0. The third-order valence-electron chi connectivity index (χ3n) is 4.14. The van der Waals surface area contributed by atoms with E-state index in [0.29, 0.717) is 5.57 Å². The van der Waals surface area contributed by atoms with Crippen LogP contribution < -0.4 is 5.32 Å². The number of H-pyrrole nitrogens is 1. The lowest BCUT2D eigenvalue weighted by atomic mass is 10.0. The molecule has 0 aliphatic rings. The number of aromatic nitrogens is 2. The zero-order valence-electron chi connectivity index (χ0n) is 14.0. The molecule has 2 aromatic heterocycles. The summed E-state index contributed by atoms with van der Waals surface area (Å²) >= 11 is 0. The van der Waals surface area contributed by atoms with Crippen LogP contribution in [0.1, 0.15) is 11.1 Å². The van der Waals surface area contributed by atoms with Crippen molar-refractivity contribution < 1.29 is 4.79 Å². The van der Waals surface area contributed by atoms with Gasteiger partial charge >= 0.3 is 0 Å². The van der Waals surface area contributed by atoms with Crippen LogP contribution in [0, 0.1) is 0 Å². The van der Waals surface area contributed by atoms with Crippen LogP contribution in [0.2, 0.25) is 0 Å². The van der Waals surface area contributed by atoms with Gasteiger partial charge in [0.15, 0.2) is 0 Å². The van der Waals surface area contributed by atoms with Crippen LogP contribution >= 0.6 is 0 Å². The first-order valence-corrected chi connectivity index (χ1v) is 8.37. The van der Waals surface area contributed by atoms with Gasteiger partial charge in [-0.1, -0.05) is 48.5 Å². The van der Waals surface area contributed by atoms with E-state index in [1.165, 1.54) is 0 Å². The molecule has 4 aromatic rings. The molecule has 4 heteroatoms. The predicted octanol–water partition coefficient (Wildman–Crippen LogP) is 4.74. The van der Waals surface area contributed by atoms with Crippen molar-refractivity contribution in [1.29, 1.82) is 0 Å². The molecule has 26 heavy (non-hydrogen) atoms. The fraction of sp³-hybridized carbons (Fsp3) is 0. The van der Waals surface area contributed by atoms with Crippen LogP contribution in [0.5, 0.6) is 0 Å². The Morgan fingerprint density at radius 2 is 1.65 bits per heavy atom. The Morgan fingerprint density at radius 3 is 2.42 bits per heavy atom. The van der Waals surface area contributed by atoms with Gasteiger partial charge in [-0.3, -0.25) is 4.79 Å². The number of carbonyl (C=O) groups is 1. The summed E-state index contributed by atoms with van der Waals surface area (Å²) in [4.78, 5) is 20.4. The molecule has 0 saturated carbocycles. The lowest BCUT2D eigenvalue weighted by Crippen LogP contribution is -2.13. The molecule has 0 radical (unpaired) electrons. The minimum absolute atomic E-state index is 0.152. The Balaban J connectivity index is 1.77. The van der Waals surface area contributed by atoms with Gasteiger partial charge in [-0.25, -0.2) is 4.98 Å². The summed E-state index contributed by atoms with van der Waals surface area (Å²) in [5.74, 6) is -0.152. The van der Waals surface area contributed by atoms with E-state index in [9.17, 15) is 4.79 Å². The highest BCUT2D eigenvalue weighted by Crippen LogP contribution is 2.24. The highest BCUT2D eigenvalue weighted by atomic mass is 16.1. The number of nitrogens with one attached hydrogen (secondary N) is 2. The minimum atomic E-state index is -0.152. The van der Waals surface area contributed by atoms with Crippen molar-refractivity contribution in [3.8, 4) is 0 Å². The molecule has 2 heterocycles. The highest BCUT2D eigenvalue weighted by Gasteiger charge is 2.14. The first-order valence-electron chi connectivity index (χ1n) is 8.37. The molecule has 2 aromatic carbocycles. The van der Waals surface area contributed by atoms with Crippen molar-refractivity contribution >= 4 is 34.3 Å². The van der Waals surface area contributed by atoms with Gasteiger partial charge in [0.2, 0.25) is 0 Å². The van der Waals surface area contributed by atoms with E-state index in [1.807, 2.05) is 85.1 Å². The normalized spacial score (nSPS) is 11.5. The van der Waals surface area contributed by atoms with E-state index in [2.05, 4.69) is 15.3 Å². The molecular weight excluding hydrogens is 322 g/mol. The second-order valence-corrected chi connectivity index (χ2v) is 5.89. The van der Waals surface area contributed by atoms with Crippen LogP contribution in [0.15, 0.2) is 85.2 Å². The summed E-state index contributed by atoms with van der Waals surface area (Å²) in [6.07, 6.45) is 5.51. The molecule has 1 amide bonds. The summed E-state index contributed by atoms with van der Waals surface area (Å²) in [6.45, 7) is 0. The number of aromatic amines is 1. The molecule has 126 valence electrons. The third-order valence-corrected chi connectivity index (χ3v) is 4.14. The van der Waals surface area contributed by atoms with Crippen LogP contribution in [0.4, 0.5) is 5.69 Å². The average molecular weight is 339 g/mol. The molecule has 0 spiro atoms. The number of carbonyl (C=O) groups excluding carboxylic acids is 1. The van der Waals surface area contributed by atoms with Crippen molar-refractivity contribution in [2.75, 3.05) is 5.32 Å². The first kappa shape index (κ1) is 15.8. The van der Waals surface area contributed by atoms with Gasteiger partial charge < -0.3 is 10.3 Å². The zero-order chi connectivity index (χ0) is 17.8. The van der Waals surface area contributed by atoms with Gasteiger partial charge in [0.25, 0.3) is 5.91 Å². The Morgan fingerprint density at radius 1 is 0.923 bits per heavy atom. The molecule has 4 nitrogen and oxygen atoms in total. The number of anilines is 1. The Kier molecular flexibility index (Phi) is 4.31. The third kappa shape index (κ3) is 3.26. The molecule has 0 atom stereocenters. The lowest BCUT2D eigenvalue weighted by molar-refractivity contribution is -0.111. The molecule has 0 aliphatic heterocycles. The maximum Gasteiger partial charge on any atom is 0.256 e. The van der Waals surface area contributed by atoms with E-state index in [1.54, 1.807) is 6.20 Å². The number of pyridine rings is 1. The average Bonchev–Trinajstić information content (AvgIpc) is 3.10. The van der Waals surface area contributed by atoms with Crippen molar-refractivity contribution in [3.05, 3.63) is 96.3 Å². The van der Waals surface area contributed by atoms with E-state index < -0.39 is 0 Å². The summed E-state index contributed by atoms with van der Waals surface area (Å²) in [5, 5.41) is 3.95. The number of nitrogens with zero attached hydrogens (tertiary/aromatic N) is 1. The monoisotopic (exact) mass is 339 g/mol. The SMILES string of the molecule is O=C(Nc1ccccc1)/C(=C/c1c[nH]c2ncccc12)c1ccccc1. The number of benzene rings is 2. The van der Waals surface area contributed by atoms with E-state index in [0.717, 1.165) is 27.8 Å². The molecule has 0 bridgehead atoms. The van der Waals surface area contributed by atoms with E-state index in [4.69, 9.17) is 0 Å². The van der Waals surface area contributed by atoms with Crippen LogP contribution in [0.25, 0.3) is 22.7 Å². The molecule has 0 fully saturated rings. The molecule has 2 N–H and O–H groups in total. The van der Waals surface area contributed by atoms with E-state index >= 15 is 0 Å². The number of hydrogen-bond acceptors (Lipinski definition) is 2. The summed E-state index contributed by atoms with van der Waals surface area (Å²) in [7, 11) is 0. The van der Waals surface area contributed by atoms with Gasteiger partial charge in [-0.05, 0) is 35.9 Å². The highest BCUT2D eigenvalue weighted by molar-refractivity contribution is 6.29. The molecule has 0 unspecified atom stereocenters. The molecule has 0 aliphatic carbocycles. The van der Waals surface area contributed by atoms with E-state index in [-0.39, 0.29) is 5.91 Å². The molecule has 4 rings (SSSR count). The van der Waals surface area contributed by atoms with Crippen LogP contribution in [0.3, 0.4) is 0 Å². The number of para-hydroxylation sites is 1. The minimum Gasteiger partial charge on any atom is -0.346 e. The van der Waals surface area contributed by atoms with Gasteiger partial charge in [0.05, 0.1) is 0 Å². The maximum absolute atomic E-state index is 13.0. The fourth-order valence-corrected chi connectivity index (χ4v) is 2.87. The standard InChI is InChI=1S/C22H17N3O/c26-22(25-18-10-5-2-6-11-18)20(16-8-3-1-4-9-16)14-17-15-24-21-19(17)12-7-13-23-21/h1-15H,(H,23,24)(H,25,26)/b20-14+. The summed E-state index contributed by atoms with van der Waals surface area (Å²) in [6, 6.07) is 23.0. The Labute approximate surface area is 151 Å². The maximum atomic E-state index is 13.0. The number of rotatable bonds is 4. The second-order valence-electron chi connectivity index (χ2n) is 5.89.